The number of nitrogens with one attached hydrogen (secondary N) is 1. The van der Waals surface area contributed by atoms with Gasteiger partial charge in [-0.1, -0.05) is 11.3 Å². The molecule has 0 unspecified atom stereocenters. The van der Waals surface area contributed by atoms with Crippen molar-refractivity contribution in [3.05, 3.63) is 66.5 Å². The van der Waals surface area contributed by atoms with Crippen LogP contribution in [0.2, 0.25) is 0 Å². The van der Waals surface area contributed by atoms with Crippen LogP contribution in [0.1, 0.15) is 25.8 Å². The number of rotatable bonds is 7. The number of carbonyl (C=O) groups is 1. The van der Waals surface area contributed by atoms with Crippen LogP contribution in [0.3, 0.4) is 0 Å². The van der Waals surface area contributed by atoms with E-state index >= 15 is 0 Å². The van der Waals surface area contributed by atoms with Crippen LogP contribution in [0.25, 0.3) is 33.0 Å². The molecule has 2 aromatic heterocycles. The second kappa shape index (κ2) is 11.3. The van der Waals surface area contributed by atoms with Crippen LogP contribution in [-0.2, 0) is 4.79 Å². The van der Waals surface area contributed by atoms with Gasteiger partial charge in [0, 0.05) is 50.3 Å². The number of alkyl halides is 3. The summed E-state index contributed by atoms with van der Waals surface area (Å²) in [5.74, 6) is 0.183. The molecule has 1 N–H and O–H groups in total. The van der Waals surface area contributed by atoms with Gasteiger partial charge in [0.25, 0.3) is 0 Å². The van der Waals surface area contributed by atoms with Crippen LogP contribution in [0, 0.1) is 5.82 Å². The molecule has 45 heavy (non-hydrogen) atoms. The summed E-state index contributed by atoms with van der Waals surface area (Å²) in [5, 5.41) is 13.0. The fraction of sp³-hybridized carbons (Fsp3) is 0.290. The van der Waals surface area contributed by atoms with Crippen molar-refractivity contribution in [3.63, 3.8) is 0 Å². The normalized spacial score (nSPS) is 15.5. The maximum Gasteiger partial charge on any atom is 0.573 e. The number of anilines is 3. The largest absolute Gasteiger partial charge is 0.573 e. The number of hydrogen-bond donors (Lipinski definition) is 1. The van der Waals surface area contributed by atoms with E-state index in [-0.39, 0.29) is 17.5 Å². The number of benzene rings is 3. The Morgan fingerprint density at radius 3 is 2.29 bits per heavy atom. The van der Waals surface area contributed by atoms with Gasteiger partial charge in [-0.2, -0.15) is 0 Å². The first kappa shape index (κ1) is 29.0. The predicted octanol–water partition coefficient (Wildman–Crippen LogP) is 7.01. The topological polar surface area (TPSA) is 88.4 Å². The third-order valence-electron chi connectivity index (χ3n) is 7.89. The van der Waals surface area contributed by atoms with E-state index in [0.29, 0.717) is 47.9 Å². The van der Waals surface area contributed by atoms with Gasteiger partial charge in [0.05, 0.1) is 22.4 Å². The average molecular weight is 638 g/mol. The number of imidazole rings is 1. The fourth-order valence-corrected chi connectivity index (χ4v) is 6.33. The molecule has 0 spiro atoms. The van der Waals surface area contributed by atoms with E-state index in [1.165, 1.54) is 47.7 Å². The summed E-state index contributed by atoms with van der Waals surface area (Å²) in [7, 11) is 0. The first-order valence-corrected chi connectivity index (χ1v) is 15.2. The van der Waals surface area contributed by atoms with Gasteiger partial charge in [-0.15, -0.1) is 23.4 Å². The van der Waals surface area contributed by atoms with Crippen molar-refractivity contribution in [1.82, 2.24) is 24.6 Å². The van der Waals surface area contributed by atoms with Crippen molar-refractivity contribution in [3.8, 4) is 27.7 Å². The van der Waals surface area contributed by atoms with Gasteiger partial charge in [-0.3, -0.25) is 4.79 Å². The number of ether oxygens (including phenoxy) is 1. The van der Waals surface area contributed by atoms with Crippen molar-refractivity contribution in [2.45, 2.75) is 32.2 Å². The van der Waals surface area contributed by atoms with Crippen molar-refractivity contribution < 1.29 is 27.1 Å². The Morgan fingerprint density at radius 2 is 1.64 bits per heavy atom. The van der Waals surface area contributed by atoms with Crippen LogP contribution in [0.4, 0.5) is 34.1 Å². The number of amides is 1. The molecule has 2 fully saturated rings. The molecule has 1 saturated heterocycles. The molecule has 2 aliphatic rings. The fourth-order valence-electron chi connectivity index (χ4n) is 5.56. The summed E-state index contributed by atoms with van der Waals surface area (Å²) in [6.45, 7) is 4.02. The molecule has 1 saturated carbocycles. The van der Waals surface area contributed by atoms with Crippen molar-refractivity contribution in [2.24, 2.45) is 0 Å². The Kier molecular flexibility index (Phi) is 7.30. The monoisotopic (exact) mass is 637 g/mol. The molecule has 1 aliphatic heterocycles. The van der Waals surface area contributed by atoms with E-state index < -0.39 is 6.36 Å². The molecule has 9 nitrogen and oxygen atoms in total. The van der Waals surface area contributed by atoms with Gasteiger partial charge >= 0.3 is 6.36 Å². The van der Waals surface area contributed by atoms with E-state index in [2.05, 4.69) is 35.8 Å². The average Bonchev–Trinajstić information content (AvgIpc) is 3.62. The highest BCUT2D eigenvalue weighted by Gasteiger charge is 2.32. The molecule has 0 bridgehead atoms. The lowest BCUT2D eigenvalue weighted by Gasteiger charge is -2.36. The second-order valence-electron chi connectivity index (χ2n) is 11.0. The van der Waals surface area contributed by atoms with Gasteiger partial charge in [0.15, 0.2) is 0 Å². The van der Waals surface area contributed by atoms with Crippen molar-refractivity contribution >= 4 is 44.8 Å². The number of aromatic nitrogens is 4. The van der Waals surface area contributed by atoms with Gasteiger partial charge in [0.1, 0.15) is 22.4 Å². The molecule has 1 amide bonds. The molecule has 0 radical (unpaired) electrons. The van der Waals surface area contributed by atoms with Gasteiger partial charge in [-0.05, 0) is 73.5 Å². The first-order chi connectivity index (χ1) is 21.6. The highest BCUT2D eigenvalue weighted by Crippen LogP contribution is 2.44. The molecule has 3 heterocycles. The Morgan fingerprint density at radius 1 is 0.956 bits per heavy atom. The van der Waals surface area contributed by atoms with Crippen LogP contribution >= 0.6 is 11.3 Å². The zero-order valence-corrected chi connectivity index (χ0v) is 24.8. The number of carbonyl (C=O) groups excluding carboxylic acids is 1. The molecule has 14 heteroatoms. The molecule has 232 valence electrons. The van der Waals surface area contributed by atoms with Gasteiger partial charge in [0.2, 0.25) is 11.0 Å². The highest BCUT2D eigenvalue weighted by molar-refractivity contribution is 7.18. The number of halogens is 4. The van der Waals surface area contributed by atoms with Crippen molar-refractivity contribution in [2.75, 3.05) is 36.4 Å². The van der Waals surface area contributed by atoms with Gasteiger partial charge < -0.3 is 24.4 Å². The van der Waals surface area contributed by atoms with E-state index in [1.807, 2.05) is 11.0 Å². The quantitative estimate of drug-likeness (QED) is 0.192. The number of nitrogens with zero attached hydrogens (tertiary/aromatic N) is 6. The minimum Gasteiger partial charge on any atom is -0.406 e. The summed E-state index contributed by atoms with van der Waals surface area (Å²) in [5.41, 5.74) is 4.82. The maximum absolute atomic E-state index is 13.7. The molecular formula is C31H27F4N7O2S. The smallest absolute Gasteiger partial charge is 0.406 e. The number of fused-ring (bicyclic) bond motifs is 1. The minimum absolute atomic E-state index is 0.0404. The molecule has 5 aromatic rings. The second-order valence-corrected chi connectivity index (χ2v) is 12.0. The summed E-state index contributed by atoms with van der Waals surface area (Å²) >= 11 is 1.26. The van der Waals surface area contributed by atoms with E-state index in [9.17, 15) is 22.4 Å². The van der Waals surface area contributed by atoms with Crippen LogP contribution < -0.4 is 15.0 Å². The third kappa shape index (κ3) is 6.14. The van der Waals surface area contributed by atoms with Gasteiger partial charge in [-0.25, -0.2) is 9.37 Å². The molecule has 3 aromatic carbocycles. The van der Waals surface area contributed by atoms with E-state index in [0.717, 1.165) is 46.6 Å². The summed E-state index contributed by atoms with van der Waals surface area (Å²) < 4.78 is 57.7. The summed E-state index contributed by atoms with van der Waals surface area (Å²) in [6, 6.07) is 16.2. The number of hydrogen-bond acceptors (Lipinski definition) is 8. The molecule has 1 aliphatic carbocycles. The third-order valence-corrected chi connectivity index (χ3v) is 8.78. The Hall–Kier alpha value is -4.72. The van der Waals surface area contributed by atoms with E-state index in [4.69, 9.17) is 4.98 Å². The highest BCUT2D eigenvalue weighted by atomic mass is 32.1. The number of piperazine rings is 1. The Bertz CT molecular complexity index is 1860. The molecule has 7 rings (SSSR count). The first-order valence-electron chi connectivity index (χ1n) is 14.4. The Labute approximate surface area is 259 Å². The Balaban J connectivity index is 1.25. The SMILES string of the molecule is CC(=O)N1CCN(c2cc3c(cc2Nc2nnc(-c4ccc(OC(F)(F)F)cc4)s2)nc(-c2ccc(F)cc2)n3C2CC2)CC1. The lowest BCUT2D eigenvalue weighted by atomic mass is 10.2. The maximum atomic E-state index is 13.7. The molecule has 0 atom stereocenters. The van der Waals surface area contributed by atoms with E-state index in [1.54, 1.807) is 19.1 Å². The predicted molar refractivity (Wildman–Crippen MR) is 163 cm³/mol. The van der Waals surface area contributed by atoms with Crippen LogP contribution in [0.5, 0.6) is 5.75 Å². The van der Waals surface area contributed by atoms with Crippen LogP contribution in [0.15, 0.2) is 60.7 Å². The summed E-state index contributed by atoms with van der Waals surface area (Å²) in [4.78, 5) is 21.0. The van der Waals surface area contributed by atoms with Crippen molar-refractivity contribution in [1.29, 1.82) is 0 Å². The minimum atomic E-state index is -4.77. The summed E-state index contributed by atoms with van der Waals surface area (Å²) in [6.07, 6.45) is -2.71. The zero-order valence-electron chi connectivity index (χ0n) is 24.0. The lowest BCUT2D eigenvalue weighted by Crippen LogP contribution is -2.48. The zero-order chi connectivity index (χ0) is 31.3. The van der Waals surface area contributed by atoms with Crippen LogP contribution in [-0.4, -0.2) is 63.1 Å². The molecular weight excluding hydrogens is 610 g/mol. The lowest BCUT2D eigenvalue weighted by molar-refractivity contribution is -0.274. The standard InChI is InChI=1S/C31H27F4N7O2S/c1-18(43)40-12-14-41(15-13-40)26-17-27-25(36-28(42(27)22-8-9-22)19-2-6-21(32)7-3-19)16-24(26)37-30-39-38-29(45-30)20-4-10-23(11-5-20)44-31(33,34)35/h2-7,10-11,16-17,22H,8-9,12-15H2,1H3,(H,37,39).